The number of H-pyrrole nitrogens is 1. The number of imidazole rings is 1. The molecule has 0 atom stereocenters. The van der Waals surface area contributed by atoms with E-state index in [0.29, 0.717) is 15.9 Å². The van der Waals surface area contributed by atoms with Crippen LogP contribution in [0.4, 0.5) is 0 Å². The smallest absolute Gasteiger partial charge is 0.338 e. The van der Waals surface area contributed by atoms with Gasteiger partial charge in [0.15, 0.2) is 10.4 Å². The van der Waals surface area contributed by atoms with Crippen molar-refractivity contribution >= 4 is 29.4 Å². The zero-order valence-electron chi connectivity index (χ0n) is 7.31. The van der Waals surface area contributed by atoms with Crippen LogP contribution >= 0.6 is 12.2 Å². The molecule has 14 heavy (non-hydrogen) atoms. The van der Waals surface area contributed by atoms with Crippen LogP contribution in [0.3, 0.4) is 0 Å². The van der Waals surface area contributed by atoms with Gasteiger partial charge in [0, 0.05) is 13.2 Å². The van der Waals surface area contributed by atoms with Gasteiger partial charge in [-0.1, -0.05) is 0 Å². The third kappa shape index (κ3) is 1.12. The van der Waals surface area contributed by atoms with Crippen LogP contribution in [0.15, 0.2) is 12.3 Å². The summed E-state index contributed by atoms with van der Waals surface area (Å²) in [6, 6.07) is 1.44. The summed E-state index contributed by atoms with van der Waals surface area (Å²) in [5, 5.41) is 8.89. The molecule has 0 aromatic carbocycles. The summed E-state index contributed by atoms with van der Waals surface area (Å²) in [6.45, 7) is 0. The van der Waals surface area contributed by atoms with Gasteiger partial charge >= 0.3 is 5.97 Å². The fourth-order valence-electron chi connectivity index (χ4n) is 1.29. The van der Waals surface area contributed by atoms with Crippen LogP contribution in [-0.4, -0.2) is 25.6 Å². The average molecular weight is 209 g/mol. The fourth-order valence-corrected chi connectivity index (χ4v) is 1.48. The van der Waals surface area contributed by atoms with Crippen molar-refractivity contribution in [2.75, 3.05) is 0 Å². The predicted octanol–water partition coefficient (Wildman–Crippen LogP) is 1.33. The van der Waals surface area contributed by atoms with Crippen LogP contribution in [0, 0.1) is 4.77 Å². The number of hydrogen-bond acceptors (Lipinski definition) is 3. The van der Waals surface area contributed by atoms with E-state index in [1.165, 1.54) is 12.3 Å². The Morgan fingerprint density at radius 3 is 3.07 bits per heavy atom. The minimum Gasteiger partial charge on any atom is -0.478 e. The number of nitrogens with one attached hydrogen (secondary N) is 1. The van der Waals surface area contributed by atoms with Gasteiger partial charge in [-0.25, -0.2) is 9.78 Å². The molecule has 0 aliphatic heterocycles. The Bertz CT molecular complexity index is 569. The van der Waals surface area contributed by atoms with Crippen molar-refractivity contribution in [2.24, 2.45) is 7.05 Å². The minimum atomic E-state index is -0.991. The number of hydrogen-bond donors (Lipinski definition) is 2. The number of carboxylic acid groups (broad SMARTS) is 1. The molecule has 2 heterocycles. The van der Waals surface area contributed by atoms with E-state index < -0.39 is 5.97 Å². The van der Waals surface area contributed by atoms with Crippen LogP contribution in [0.25, 0.3) is 11.2 Å². The molecule has 0 unspecified atom stereocenters. The number of aryl methyl sites for hydroxylation is 1. The molecule has 5 nitrogen and oxygen atoms in total. The van der Waals surface area contributed by atoms with E-state index in [1.54, 1.807) is 11.6 Å². The number of fused-ring (bicyclic) bond motifs is 1. The Labute approximate surface area is 84.0 Å². The van der Waals surface area contributed by atoms with Crippen LogP contribution < -0.4 is 0 Å². The van der Waals surface area contributed by atoms with Gasteiger partial charge in [-0.2, -0.15) is 0 Å². The summed E-state index contributed by atoms with van der Waals surface area (Å²) < 4.78 is 2.10. The molecular weight excluding hydrogens is 202 g/mol. The van der Waals surface area contributed by atoms with Gasteiger partial charge in [-0.05, 0) is 18.3 Å². The lowest BCUT2D eigenvalue weighted by molar-refractivity contribution is 0.0699. The maximum atomic E-state index is 10.8. The fraction of sp³-hybridized carbons (Fsp3) is 0.125. The van der Waals surface area contributed by atoms with Crippen molar-refractivity contribution in [2.45, 2.75) is 0 Å². The van der Waals surface area contributed by atoms with E-state index in [2.05, 4.69) is 9.97 Å². The molecule has 6 heteroatoms. The van der Waals surface area contributed by atoms with Crippen molar-refractivity contribution in [3.05, 3.63) is 22.6 Å². The molecule has 0 saturated carbocycles. The molecular formula is C8H7N3O2S. The number of aromatic amines is 1. The van der Waals surface area contributed by atoms with Crippen molar-refractivity contribution in [3.8, 4) is 0 Å². The summed E-state index contributed by atoms with van der Waals surface area (Å²) in [6.07, 6.45) is 1.45. The topological polar surface area (TPSA) is 70.9 Å². The highest BCUT2D eigenvalue weighted by molar-refractivity contribution is 7.71. The molecule has 0 aliphatic rings. The highest BCUT2D eigenvalue weighted by Gasteiger charge is 2.11. The lowest BCUT2D eigenvalue weighted by Crippen LogP contribution is -1.98. The maximum Gasteiger partial charge on any atom is 0.338 e. The monoisotopic (exact) mass is 209 g/mol. The van der Waals surface area contributed by atoms with E-state index in [0.717, 1.165) is 0 Å². The lowest BCUT2D eigenvalue weighted by atomic mass is 10.2. The Morgan fingerprint density at radius 2 is 2.43 bits per heavy atom. The first-order valence-electron chi connectivity index (χ1n) is 3.88. The number of aromatic nitrogens is 3. The molecule has 2 aromatic heterocycles. The number of carbonyl (C=O) groups is 1. The standard InChI is InChI=1S/C8H7N3O2S/c1-11-6-5(10-8(11)14)4(7(12)13)2-3-9-6/h2-3H,1H3,(H,10,14)(H,12,13). The van der Waals surface area contributed by atoms with Crippen molar-refractivity contribution < 1.29 is 9.90 Å². The van der Waals surface area contributed by atoms with E-state index in [1.807, 2.05) is 0 Å². The second-order valence-corrected chi connectivity index (χ2v) is 3.24. The van der Waals surface area contributed by atoms with E-state index in [-0.39, 0.29) is 5.56 Å². The van der Waals surface area contributed by atoms with Crippen LogP contribution in [0.2, 0.25) is 0 Å². The van der Waals surface area contributed by atoms with Crippen molar-refractivity contribution in [1.29, 1.82) is 0 Å². The predicted molar refractivity (Wildman–Crippen MR) is 52.9 cm³/mol. The zero-order chi connectivity index (χ0) is 10.3. The number of nitrogens with zero attached hydrogens (tertiary/aromatic N) is 2. The molecule has 72 valence electrons. The van der Waals surface area contributed by atoms with E-state index in [9.17, 15) is 4.79 Å². The summed E-state index contributed by atoms with van der Waals surface area (Å²) in [5.41, 5.74) is 1.20. The Morgan fingerprint density at radius 1 is 1.71 bits per heavy atom. The summed E-state index contributed by atoms with van der Waals surface area (Å²) in [7, 11) is 1.74. The van der Waals surface area contributed by atoms with Gasteiger partial charge in [0.2, 0.25) is 0 Å². The molecule has 0 fully saturated rings. The second-order valence-electron chi connectivity index (χ2n) is 2.85. The number of aromatic carboxylic acids is 1. The maximum absolute atomic E-state index is 10.8. The Kier molecular flexibility index (Phi) is 1.85. The van der Waals surface area contributed by atoms with Crippen LogP contribution in [-0.2, 0) is 7.05 Å². The quantitative estimate of drug-likeness (QED) is 0.695. The highest BCUT2D eigenvalue weighted by atomic mass is 32.1. The van der Waals surface area contributed by atoms with E-state index >= 15 is 0 Å². The van der Waals surface area contributed by atoms with E-state index in [4.69, 9.17) is 17.3 Å². The number of carboxylic acids is 1. The Hall–Kier alpha value is -1.69. The van der Waals surface area contributed by atoms with Gasteiger partial charge in [0.05, 0.1) is 11.1 Å². The first-order chi connectivity index (χ1) is 6.61. The zero-order valence-corrected chi connectivity index (χ0v) is 8.13. The summed E-state index contributed by atoms with van der Waals surface area (Å²) in [5.74, 6) is -0.991. The van der Waals surface area contributed by atoms with Crippen molar-refractivity contribution in [1.82, 2.24) is 14.5 Å². The molecule has 0 bridgehead atoms. The van der Waals surface area contributed by atoms with Gasteiger partial charge in [-0.15, -0.1) is 0 Å². The molecule has 2 aromatic rings. The van der Waals surface area contributed by atoms with Crippen LogP contribution in [0.5, 0.6) is 0 Å². The first kappa shape index (κ1) is 8.89. The van der Waals surface area contributed by atoms with Gasteiger partial charge in [0.1, 0.15) is 0 Å². The summed E-state index contributed by atoms with van der Waals surface area (Å²) in [4.78, 5) is 17.7. The average Bonchev–Trinajstić information content (AvgIpc) is 2.43. The van der Waals surface area contributed by atoms with Gasteiger partial charge < -0.3 is 14.7 Å². The van der Waals surface area contributed by atoms with Gasteiger partial charge in [0.25, 0.3) is 0 Å². The first-order valence-corrected chi connectivity index (χ1v) is 4.29. The van der Waals surface area contributed by atoms with Gasteiger partial charge in [-0.3, -0.25) is 0 Å². The third-order valence-electron chi connectivity index (χ3n) is 2.02. The van der Waals surface area contributed by atoms with Crippen LogP contribution in [0.1, 0.15) is 10.4 Å². The lowest BCUT2D eigenvalue weighted by Gasteiger charge is -1.96. The largest absolute Gasteiger partial charge is 0.478 e. The molecule has 0 saturated heterocycles. The molecule has 0 radical (unpaired) electrons. The molecule has 2 rings (SSSR count). The normalized spacial score (nSPS) is 10.6. The number of rotatable bonds is 1. The Balaban J connectivity index is 2.95. The highest BCUT2D eigenvalue weighted by Crippen LogP contribution is 2.14. The molecule has 0 aliphatic carbocycles. The SMILES string of the molecule is Cn1c(=S)[nH]c2c(C(=O)O)ccnc21. The minimum absolute atomic E-state index is 0.182. The summed E-state index contributed by atoms with van der Waals surface area (Å²) >= 11 is 4.97. The molecule has 0 amide bonds. The third-order valence-corrected chi connectivity index (χ3v) is 2.39. The molecule has 2 N–H and O–H groups in total. The molecule has 0 spiro atoms. The second kappa shape index (κ2) is 2.91. The van der Waals surface area contributed by atoms with Crippen molar-refractivity contribution in [3.63, 3.8) is 0 Å². The number of pyridine rings is 1.